The second kappa shape index (κ2) is 8.53. The third-order valence-electron chi connectivity index (χ3n) is 3.85. The topological polar surface area (TPSA) is 125 Å². The molecule has 1 fully saturated rings. The molecular weight excluding hydrogens is 398 g/mol. The molecule has 1 aromatic rings. The maximum atomic E-state index is 12.7. The number of amides is 2. The monoisotopic (exact) mass is 419 g/mol. The van der Waals surface area contributed by atoms with E-state index in [1.165, 1.54) is 22.5 Å². The number of aliphatic hydroxyl groups is 1. The Morgan fingerprint density at radius 1 is 1.26 bits per heavy atom. The van der Waals surface area contributed by atoms with Crippen molar-refractivity contribution >= 4 is 39.1 Å². The standard InChI is InChI=1S/C16H22ClN3O6S/c1-16(2,10-21)19-15(23)14(22)18-13-9-11(3-4-12(13)17)27(24,25)20-5-7-26-8-6-20/h3-4,9,21H,5-8,10H2,1-2H3,(H,18,22)(H,19,23). The van der Waals surface area contributed by atoms with Crippen molar-refractivity contribution in [2.24, 2.45) is 0 Å². The van der Waals surface area contributed by atoms with Gasteiger partial charge in [-0.1, -0.05) is 11.6 Å². The van der Waals surface area contributed by atoms with Gasteiger partial charge < -0.3 is 20.5 Å². The van der Waals surface area contributed by atoms with E-state index in [0.717, 1.165) is 0 Å². The van der Waals surface area contributed by atoms with Gasteiger partial charge in [-0.05, 0) is 32.0 Å². The Kier molecular flexibility index (Phi) is 6.82. The Labute approximate surface area is 162 Å². The van der Waals surface area contributed by atoms with Crippen LogP contribution >= 0.6 is 11.6 Å². The van der Waals surface area contributed by atoms with Crippen LogP contribution in [0.15, 0.2) is 23.1 Å². The van der Waals surface area contributed by atoms with E-state index in [9.17, 15) is 18.0 Å². The van der Waals surface area contributed by atoms with Crippen LogP contribution in [0.5, 0.6) is 0 Å². The summed E-state index contributed by atoms with van der Waals surface area (Å²) < 4.78 is 31.8. The lowest BCUT2D eigenvalue weighted by atomic mass is 10.1. The zero-order valence-corrected chi connectivity index (χ0v) is 16.6. The fraction of sp³-hybridized carbons (Fsp3) is 0.500. The third-order valence-corrected chi connectivity index (χ3v) is 6.07. The average molecular weight is 420 g/mol. The number of nitrogens with zero attached hydrogens (tertiary/aromatic N) is 1. The molecule has 1 saturated heterocycles. The van der Waals surface area contributed by atoms with Crippen molar-refractivity contribution in [2.75, 3.05) is 38.2 Å². The number of ether oxygens (including phenoxy) is 1. The van der Waals surface area contributed by atoms with Crippen molar-refractivity contribution in [1.82, 2.24) is 9.62 Å². The predicted octanol–water partition coefficient (Wildman–Crippen LogP) is 0.187. The molecule has 3 N–H and O–H groups in total. The number of carbonyl (C=O) groups excluding carboxylic acids is 2. The first kappa shape index (κ1) is 21.6. The van der Waals surface area contributed by atoms with Crippen molar-refractivity contribution in [3.63, 3.8) is 0 Å². The number of sulfonamides is 1. The number of aliphatic hydroxyl groups excluding tert-OH is 1. The second-order valence-corrected chi connectivity index (χ2v) is 8.95. The quantitative estimate of drug-likeness (QED) is 0.585. The van der Waals surface area contributed by atoms with Crippen LogP contribution in [0.1, 0.15) is 13.8 Å². The van der Waals surface area contributed by atoms with E-state index in [1.54, 1.807) is 13.8 Å². The van der Waals surface area contributed by atoms with Crippen LogP contribution in [0, 0.1) is 0 Å². The molecule has 2 amide bonds. The number of nitrogens with one attached hydrogen (secondary N) is 2. The predicted molar refractivity (Wildman–Crippen MR) is 99.0 cm³/mol. The highest BCUT2D eigenvalue weighted by Gasteiger charge is 2.28. The van der Waals surface area contributed by atoms with E-state index in [1.807, 2.05) is 0 Å². The first-order chi connectivity index (χ1) is 12.6. The SMILES string of the molecule is CC(C)(CO)NC(=O)C(=O)Nc1cc(S(=O)(=O)N2CCOCC2)ccc1Cl. The number of rotatable bonds is 5. The van der Waals surface area contributed by atoms with Gasteiger partial charge in [0.2, 0.25) is 10.0 Å². The highest BCUT2D eigenvalue weighted by molar-refractivity contribution is 7.89. The van der Waals surface area contributed by atoms with Gasteiger partial charge in [-0.25, -0.2) is 8.42 Å². The Bertz CT molecular complexity index is 821. The summed E-state index contributed by atoms with van der Waals surface area (Å²) >= 11 is 6.03. The lowest BCUT2D eigenvalue weighted by Crippen LogP contribution is -2.50. The van der Waals surface area contributed by atoms with Gasteiger partial charge in [-0.2, -0.15) is 4.31 Å². The minimum Gasteiger partial charge on any atom is -0.394 e. The van der Waals surface area contributed by atoms with E-state index in [-0.39, 0.29) is 35.3 Å². The summed E-state index contributed by atoms with van der Waals surface area (Å²) in [6, 6.07) is 3.87. The van der Waals surface area contributed by atoms with Crippen molar-refractivity contribution in [2.45, 2.75) is 24.3 Å². The summed E-state index contributed by atoms with van der Waals surface area (Å²) in [6.45, 7) is 3.78. The molecule has 1 aliphatic heterocycles. The molecule has 11 heteroatoms. The summed E-state index contributed by atoms with van der Waals surface area (Å²) in [6.07, 6.45) is 0. The molecule has 0 radical (unpaired) electrons. The van der Waals surface area contributed by atoms with E-state index in [0.29, 0.717) is 13.2 Å². The van der Waals surface area contributed by atoms with E-state index in [2.05, 4.69) is 10.6 Å². The molecule has 1 heterocycles. The molecule has 0 aliphatic carbocycles. The van der Waals surface area contributed by atoms with Gasteiger partial charge in [0, 0.05) is 13.1 Å². The summed E-state index contributed by atoms with van der Waals surface area (Å²) in [5.74, 6) is -2.01. The largest absolute Gasteiger partial charge is 0.394 e. The maximum absolute atomic E-state index is 12.7. The lowest BCUT2D eigenvalue weighted by Gasteiger charge is -2.26. The van der Waals surface area contributed by atoms with E-state index in [4.69, 9.17) is 21.4 Å². The third kappa shape index (κ3) is 5.39. The molecule has 0 spiro atoms. The molecule has 0 atom stereocenters. The number of halogens is 1. The number of morpholine rings is 1. The average Bonchev–Trinajstić information content (AvgIpc) is 2.63. The molecule has 9 nitrogen and oxygen atoms in total. The molecule has 0 saturated carbocycles. The molecule has 0 bridgehead atoms. The molecule has 0 aromatic heterocycles. The van der Waals surface area contributed by atoms with Gasteiger partial charge >= 0.3 is 11.8 Å². The number of hydrogen-bond acceptors (Lipinski definition) is 6. The number of anilines is 1. The second-order valence-electron chi connectivity index (χ2n) is 6.61. The van der Waals surface area contributed by atoms with Crippen molar-refractivity contribution < 1.29 is 27.9 Å². The van der Waals surface area contributed by atoms with Crippen LogP contribution in [0.3, 0.4) is 0 Å². The van der Waals surface area contributed by atoms with Gasteiger partial charge in [-0.15, -0.1) is 0 Å². The summed E-state index contributed by atoms with van der Waals surface area (Å²) in [5, 5.41) is 13.9. The Morgan fingerprint density at radius 3 is 2.48 bits per heavy atom. The van der Waals surface area contributed by atoms with Gasteiger partial charge in [0.25, 0.3) is 0 Å². The fourth-order valence-corrected chi connectivity index (χ4v) is 3.88. The van der Waals surface area contributed by atoms with Gasteiger partial charge in [-0.3, -0.25) is 9.59 Å². The van der Waals surface area contributed by atoms with E-state index < -0.39 is 27.4 Å². The zero-order valence-electron chi connectivity index (χ0n) is 15.0. The Balaban J connectivity index is 2.20. The highest BCUT2D eigenvalue weighted by Crippen LogP contribution is 2.27. The van der Waals surface area contributed by atoms with Crippen LogP contribution in [-0.4, -0.2) is 68.1 Å². The molecule has 2 rings (SSSR count). The van der Waals surface area contributed by atoms with Crippen LogP contribution < -0.4 is 10.6 Å². The Hall–Kier alpha value is -1.72. The van der Waals surface area contributed by atoms with Crippen LogP contribution in [-0.2, 0) is 24.3 Å². The molecular formula is C16H22ClN3O6S. The molecule has 0 unspecified atom stereocenters. The highest BCUT2D eigenvalue weighted by atomic mass is 35.5. The minimum atomic E-state index is -3.78. The van der Waals surface area contributed by atoms with Crippen LogP contribution in [0.2, 0.25) is 5.02 Å². The van der Waals surface area contributed by atoms with Crippen LogP contribution in [0.25, 0.3) is 0 Å². The van der Waals surface area contributed by atoms with Crippen molar-refractivity contribution in [1.29, 1.82) is 0 Å². The molecule has 1 aliphatic rings. The number of hydrogen-bond donors (Lipinski definition) is 3. The van der Waals surface area contributed by atoms with E-state index >= 15 is 0 Å². The van der Waals surface area contributed by atoms with Gasteiger partial charge in [0.05, 0.1) is 41.0 Å². The Morgan fingerprint density at radius 2 is 1.89 bits per heavy atom. The first-order valence-electron chi connectivity index (χ1n) is 8.18. The molecule has 150 valence electrons. The maximum Gasteiger partial charge on any atom is 0.313 e. The normalized spacial score (nSPS) is 16.0. The lowest BCUT2D eigenvalue weighted by molar-refractivity contribution is -0.137. The minimum absolute atomic E-state index is 0.00652. The number of benzene rings is 1. The van der Waals surface area contributed by atoms with Crippen LogP contribution in [0.4, 0.5) is 5.69 Å². The van der Waals surface area contributed by atoms with Gasteiger partial charge in [0.1, 0.15) is 0 Å². The first-order valence-corrected chi connectivity index (χ1v) is 10.0. The summed E-state index contributed by atoms with van der Waals surface area (Å²) in [4.78, 5) is 24.0. The zero-order chi connectivity index (χ0) is 20.2. The van der Waals surface area contributed by atoms with Crippen molar-refractivity contribution in [3.8, 4) is 0 Å². The van der Waals surface area contributed by atoms with Gasteiger partial charge in [0.15, 0.2) is 0 Å². The molecule has 1 aromatic carbocycles. The molecule has 27 heavy (non-hydrogen) atoms. The smallest absolute Gasteiger partial charge is 0.313 e. The fourth-order valence-electron chi connectivity index (χ4n) is 2.28. The summed E-state index contributed by atoms with van der Waals surface area (Å²) in [5.41, 5.74) is -0.993. The summed E-state index contributed by atoms with van der Waals surface area (Å²) in [7, 11) is -3.78. The van der Waals surface area contributed by atoms with Crippen molar-refractivity contribution in [3.05, 3.63) is 23.2 Å². The number of carbonyl (C=O) groups is 2.